The molecule has 1 aromatic carbocycles. The van der Waals surface area contributed by atoms with Crippen LogP contribution in [0, 0.1) is 17.8 Å². The van der Waals surface area contributed by atoms with Gasteiger partial charge in [-0.3, -0.25) is 4.90 Å². The molecule has 3 rings (SSSR count). The van der Waals surface area contributed by atoms with E-state index in [1.807, 2.05) is 18.2 Å². The van der Waals surface area contributed by atoms with Crippen LogP contribution >= 0.6 is 0 Å². The first-order chi connectivity index (χ1) is 9.51. The number of fused-ring (bicyclic) bond motifs is 1. The van der Waals surface area contributed by atoms with E-state index in [9.17, 15) is 13.0 Å². The second-order valence-corrected chi connectivity index (χ2v) is 7.61. The Labute approximate surface area is 120 Å². The molecule has 0 aromatic heterocycles. The highest BCUT2D eigenvalue weighted by Crippen LogP contribution is 2.43. The maximum Gasteiger partial charge on any atom is 0.0948 e. The smallest absolute Gasteiger partial charge is 0.0948 e. The van der Waals surface area contributed by atoms with Crippen LogP contribution < -0.4 is 0 Å². The zero-order valence-electron chi connectivity index (χ0n) is 11.4. The molecule has 1 aromatic rings. The van der Waals surface area contributed by atoms with E-state index >= 15 is 0 Å². The first-order valence-electron chi connectivity index (χ1n) is 7.21. The van der Waals surface area contributed by atoms with Crippen molar-refractivity contribution in [1.82, 2.24) is 4.90 Å². The summed E-state index contributed by atoms with van der Waals surface area (Å²) in [5.41, 5.74) is 1.29. The van der Waals surface area contributed by atoms with E-state index in [4.69, 9.17) is 0 Å². The van der Waals surface area contributed by atoms with Gasteiger partial charge in [0, 0.05) is 25.4 Å². The topological polar surface area (TPSA) is 60.4 Å². The minimum Gasteiger partial charge on any atom is -0.748 e. The molecule has 2 fully saturated rings. The highest BCUT2D eigenvalue weighted by molar-refractivity contribution is 7.85. The average Bonchev–Trinajstić information content (AvgIpc) is 2.91. The van der Waals surface area contributed by atoms with Crippen LogP contribution in [0.2, 0.25) is 0 Å². The second-order valence-electron chi connectivity index (χ2n) is 6.17. The molecule has 1 saturated heterocycles. The summed E-state index contributed by atoms with van der Waals surface area (Å²) in [6.07, 6.45) is 1.96. The standard InChI is InChI=1S/C15H21NO3S/c17-20(18,19)11-14-7-6-13-9-16(10-15(13)14)8-12-4-2-1-3-5-12/h1-5,13-15H,6-11H2,(H,17,18,19)/p-1/t13-,14+,15-/m0/s1. The van der Waals surface area contributed by atoms with Crippen LogP contribution in [0.25, 0.3) is 0 Å². The summed E-state index contributed by atoms with van der Waals surface area (Å²) in [5.74, 6) is 0.865. The third-order valence-corrected chi connectivity index (χ3v) is 5.58. The highest BCUT2D eigenvalue weighted by atomic mass is 32.2. The number of benzene rings is 1. The van der Waals surface area contributed by atoms with Gasteiger partial charge < -0.3 is 4.55 Å². The maximum atomic E-state index is 11.0. The van der Waals surface area contributed by atoms with E-state index in [1.54, 1.807) is 0 Å². The summed E-state index contributed by atoms with van der Waals surface area (Å²) in [6, 6.07) is 10.3. The van der Waals surface area contributed by atoms with Gasteiger partial charge in [-0.05, 0) is 36.2 Å². The molecule has 0 bridgehead atoms. The zero-order chi connectivity index (χ0) is 14.2. The Hall–Kier alpha value is -0.910. The van der Waals surface area contributed by atoms with E-state index in [2.05, 4.69) is 17.0 Å². The van der Waals surface area contributed by atoms with Crippen LogP contribution in [0.3, 0.4) is 0 Å². The fraction of sp³-hybridized carbons (Fsp3) is 0.600. The Morgan fingerprint density at radius 1 is 1.15 bits per heavy atom. The van der Waals surface area contributed by atoms with E-state index in [0.717, 1.165) is 32.5 Å². The molecular weight excluding hydrogens is 274 g/mol. The Kier molecular flexibility index (Phi) is 3.84. The van der Waals surface area contributed by atoms with Gasteiger partial charge in [0.2, 0.25) is 0 Å². The van der Waals surface area contributed by atoms with Crippen molar-refractivity contribution in [1.29, 1.82) is 0 Å². The summed E-state index contributed by atoms with van der Waals surface area (Å²) >= 11 is 0. The van der Waals surface area contributed by atoms with Crippen LogP contribution in [-0.2, 0) is 16.7 Å². The predicted octanol–water partition coefficient (Wildman–Crippen LogP) is 1.69. The molecule has 1 heterocycles. The summed E-state index contributed by atoms with van der Waals surface area (Å²) in [5, 5.41) is 0. The van der Waals surface area contributed by atoms with Gasteiger partial charge in [-0.1, -0.05) is 30.3 Å². The molecule has 110 valence electrons. The lowest BCUT2D eigenvalue weighted by Gasteiger charge is -2.21. The lowest BCUT2D eigenvalue weighted by Crippen LogP contribution is -2.25. The van der Waals surface area contributed by atoms with Crippen molar-refractivity contribution in [3.8, 4) is 0 Å². The molecule has 5 heteroatoms. The fourth-order valence-electron chi connectivity index (χ4n) is 3.91. The van der Waals surface area contributed by atoms with E-state index < -0.39 is 10.1 Å². The molecule has 0 amide bonds. The summed E-state index contributed by atoms with van der Waals surface area (Å²) in [7, 11) is -4.09. The zero-order valence-corrected chi connectivity index (χ0v) is 12.3. The molecule has 0 unspecified atom stereocenters. The van der Waals surface area contributed by atoms with Crippen molar-refractivity contribution in [2.75, 3.05) is 18.8 Å². The lowest BCUT2D eigenvalue weighted by atomic mass is 9.94. The molecule has 4 nitrogen and oxygen atoms in total. The molecule has 3 atom stereocenters. The third kappa shape index (κ3) is 3.22. The van der Waals surface area contributed by atoms with Gasteiger partial charge >= 0.3 is 0 Å². The Morgan fingerprint density at radius 2 is 1.90 bits per heavy atom. The van der Waals surface area contributed by atoms with Gasteiger partial charge in [0.1, 0.15) is 0 Å². The van der Waals surface area contributed by atoms with Gasteiger partial charge in [-0.15, -0.1) is 0 Å². The number of rotatable bonds is 4. The predicted molar refractivity (Wildman–Crippen MR) is 76.0 cm³/mol. The monoisotopic (exact) mass is 294 g/mol. The molecular formula is C15H20NO3S-. The molecule has 20 heavy (non-hydrogen) atoms. The van der Waals surface area contributed by atoms with Crippen molar-refractivity contribution in [2.45, 2.75) is 19.4 Å². The van der Waals surface area contributed by atoms with Crippen molar-refractivity contribution < 1.29 is 13.0 Å². The summed E-state index contributed by atoms with van der Waals surface area (Å²) < 4.78 is 32.9. The number of hydrogen-bond donors (Lipinski definition) is 0. The summed E-state index contributed by atoms with van der Waals surface area (Å²) in [6.45, 7) is 2.89. The van der Waals surface area contributed by atoms with E-state index in [1.165, 1.54) is 5.56 Å². The van der Waals surface area contributed by atoms with Crippen LogP contribution in [0.1, 0.15) is 18.4 Å². The second kappa shape index (κ2) is 5.47. The first kappa shape index (κ1) is 14.0. The fourth-order valence-corrected chi connectivity index (χ4v) is 4.85. The van der Waals surface area contributed by atoms with E-state index in [0.29, 0.717) is 11.8 Å². The maximum absolute atomic E-state index is 11.0. The minimum atomic E-state index is -4.09. The van der Waals surface area contributed by atoms with Gasteiger partial charge in [0.15, 0.2) is 0 Å². The molecule has 0 spiro atoms. The molecule has 2 aliphatic rings. The molecule has 1 aliphatic heterocycles. The van der Waals surface area contributed by atoms with Crippen molar-refractivity contribution in [3.05, 3.63) is 35.9 Å². The molecule has 1 saturated carbocycles. The first-order valence-corrected chi connectivity index (χ1v) is 8.79. The van der Waals surface area contributed by atoms with Crippen LogP contribution in [0.5, 0.6) is 0 Å². The van der Waals surface area contributed by atoms with Crippen molar-refractivity contribution >= 4 is 10.1 Å². The van der Waals surface area contributed by atoms with Crippen molar-refractivity contribution in [2.24, 2.45) is 17.8 Å². The van der Waals surface area contributed by atoms with Gasteiger partial charge in [-0.2, -0.15) is 0 Å². The quantitative estimate of drug-likeness (QED) is 0.793. The van der Waals surface area contributed by atoms with Crippen LogP contribution in [0.4, 0.5) is 0 Å². The largest absolute Gasteiger partial charge is 0.748 e. The average molecular weight is 294 g/mol. The number of nitrogens with zero attached hydrogens (tertiary/aromatic N) is 1. The third-order valence-electron chi connectivity index (χ3n) is 4.75. The van der Waals surface area contributed by atoms with Gasteiger partial charge in [0.05, 0.1) is 10.1 Å². The van der Waals surface area contributed by atoms with Gasteiger partial charge in [-0.25, -0.2) is 8.42 Å². The Balaban J connectivity index is 1.62. The Bertz CT molecular complexity index is 558. The number of hydrogen-bond acceptors (Lipinski definition) is 4. The molecule has 1 aliphatic carbocycles. The Morgan fingerprint density at radius 3 is 2.60 bits per heavy atom. The SMILES string of the molecule is O=S(=O)([O-])C[C@H]1CC[C@H]2CN(Cc3ccccc3)C[C@H]12. The van der Waals surface area contributed by atoms with Crippen LogP contribution in [0.15, 0.2) is 30.3 Å². The normalized spacial score (nSPS) is 30.6. The minimum absolute atomic E-state index is 0.0725. The van der Waals surface area contributed by atoms with Crippen LogP contribution in [-0.4, -0.2) is 36.7 Å². The van der Waals surface area contributed by atoms with Gasteiger partial charge in [0.25, 0.3) is 0 Å². The van der Waals surface area contributed by atoms with Crippen molar-refractivity contribution in [3.63, 3.8) is 0 Å². The molecule has 0 radical (unpaired) electrons. The summed E-state index contributed by atoms with van der Waals surface area (Å²) in [4.78, 5) is 2.40. The number of likely N-dealkylation sites (tertiary alicyclic amines) is 1. The molecule has 0 N–H and O–H groups in total. The highest BCUT2D eigenvalue weighted by Gasteiger charge is 2.42. The lowest BCUT2D eigenvalue weighted by molar-refractivity contribution is 0.287. The van der Waals surface area contributed by atoms with E-state index in [-0.39, 0.29) is 11.7 Å².